The summed E-state index contributed by atoms with van der Waals surface area (Å²) in [5, 5.41) is 24.7. The van der Waals surface area contributed by atoms with Crippen molar-refractivity contribution in [2.75, 3.05) is 37.3 Å². The highest BCUT2D eigenvalue weighted by Gasteiger charge is 2.44. The fourth-order valence-corrected chi connectivity index (χ4v) is 3.96. The van der Waals surface area contributed by atoms with Gasteiger partial charge in [0.05, 0.1) is 30.1 Å². The molecular weight excluding hydrogens is 394 g/mol. The number of nitrogens with zero attached hydrogens (tertiary/aromatic N) is 6. The molecule has 1 aliphatic carbocycles. The number of aliphatic hydroxyl groups excluding tert-OH is 1. The highest BCUT2D eigenvalue weighted by molar-refractivity contribution is 5.80. The average Bonchev–Trinajstić information content (AvgIpc) is 3.25. The molecule has 0 aromatic carbocycles. The molecule has 3 aromatic heterocycles. The monoisotopic (exact) mass is 423 g/mol. The maximum absolute atomic E-state index is 8.96. The second-order valence-corrected chi connectivity index (χ2v) is 8.01. The van der Waals surface area contributed by atoms with Crippen LogP contribution in [0.2, 0.25) is 0 Å². The van der Waals surface area contributed by atoms with E-state index in [-0.39, 0.29) is 17.8 Å². The molecule has 31 heavy (non-hydrogen) atoms. The zero-order valence-electron chi connectivity index (χ0n) is 18.0. The molecule has 0 aliphatic heterocycles. The molecule has 1 fully saturated rings. The lowest BCUT2D eigenvalue weighted by Gasteiger charge is -2.16. The van der Waals surface area contributed by atoms with Crippen LogP contribution in [0.3, 0.4) is 0 Å². The molecule has 4 rings (SSSR count). The van der Waals surface area contributed by atoms with Crippen molar-refractivity contribution >= 4 is 23.0 Å². The normalized spacial score (nSPS) is 14.6. The lowest BCUT2D eigenvalue weighted by atomic mass is 10.2. The molecule has 3 aromatic rings. The van der Waals surface area contributed by atoms with Crippen LogP contribution in [0.15, 0.2) is 12.3 Å². The molecule has 10 nitrogen and oxygen atoms in total. The third-order valence-corrected chi connectivity index (χ3v) is 5.91. The third-order valence-electron chi connectivity index (χ3n) is 5.91. The van der Waals surface area contributed by atoms with Gasteiger partial charge in [0.25, 0.3) is 5.69 Å². The van der Waals surface area contributed by atoms with Gasteiger partial charge >= 0.3 is 0 Å². The van der Waals surface area contributed by atoms with Crippen LogP contribution in [-0.4, -0.2) is 55.7 Å². The molecule has 1 saturated carbocycles. The Morgan fingerprint density at radius 2 is 2.13 bits per heavy atom. The molecule has 10 heteroatoms. The molecule has 164 valence electrons. The summed E-state index contributed by atoms with van der Waals surface area (Å²) in [6.07, 6.45) is 5.71. The van der Waals surface area contributed by atoms with Crippen molar-refractivity contribution in [3.8, 4) is 0 Å². The van der Waals surface area contributed by atoms with Gasteiger partial charge in [0.15, 0.2) is 5.65 Å². The molecule has 0 radical (unpaired) electrons. The molecule has 0 spiro atoms. The zero-order valence-corrected chi connectivity index (χ0v) is 18.0. The van der Waals surface area contributed by atoms with E-state index < -0.39 is 0 Å². The average molecular weight is 424 g/mol. The van der Waals surface area contributed by atoms with E-state index in [0.29, 0.717) is 36.8 Å². The smallest absolute Gasteiger partial charge is 0.268 e. The maximum Gasteiger partial charge on any atom is 0.268 e. The van der Waals surface area contributed by atoms with Crippen molar-refractivity contribution in [2.45, 2.75) is 45.1 Å². The highest BCUT2D eigenvalue weighted by atomic mass is 16.3. The lowest BCUT2D eigenvalue weighted by Crippen LogP contribution is -2.33. The summed E-state index contributed by atoms with van der Waals surface area (Å²) >= 11 is 0. The summed E-state index contributed by atoms with van der Waals surface area (Å²) in [5.41, 5.74) is 10.1. The summed E-state index contributed by atoms with van der Waals surface area (Å²) in [7, 11) is 0. The topological polar surface area (TPSA) is 123 Å². The predicted octanol–water partition coefficient (Wildman–Crippen LogP) is 1.66. The lowest BCUT2D eigenvalue weighted by molar-refractivity contribution is 0.283. The molecule has 0 bridgehead atoms. The minimum absolute atomic E-state index is 0.0373. The number of aliphatic hydroxyl groups is 1. The predicted molar refractivity (Wildman–Crippen MR) is 119 cm³/mol. The van der Waals surface area contributed by atoms with Gasteiger partial charge in [0.1, 0.15) is 11.6 Å². The standard InChI is InChI=1S/C21H29N9O/c1-4-16-14(2)27-30-18(22)17(23-3)19(26-20(16)30)25-9-5-15-6-11-29(28-15)21(7-8-21)13-24-10-12-31/h6,11,24,31H,4-5,7-10,12-13,22H2,1-2H3,(H,25,26). The van der Waals surface area contributed by atoms with Gasteiger partial charge in [-0.25, -0.2) is 14.3 Å². The number of nitrogens with one attached hydrogen (secondary N) is 2. The number of rotatable bonds is 10. The summed E-state index contributed by atoms with van der Waals surface area (Å²) in [4.78, 5) is 8.25. The van der Waals surface area contributed by atoms with Crippen LogP contribution in [-0.2, 0) is 18.4 Å². The Balaban J connectivity index is 1.46. The molecule has 5 N–H and O–H groups in total. The van der Waals surface area contributed by atoms with Crippen molar-refractivity contribution in [3.05, 3.63) is 40.6 Å². The van der Waals surface area contributed by atoms with Crippen molar-refractivity contribution in [2.24, 2.45) is 0 Å². The van der Waals surface area contributed by atoms with E-state index in [9.17, 15) is 0 Å². The van der Waals surface area contributed by atoms with Gasteiger partial charge in [-0.1, -0.05) is 6.92 Å². The Labute approximate surface area is 181 Å². The van der Waals surface area contributed by atoms with Crippen molar-refractivity contribution < 1.29 is 5.11 Å². The summed E-state index contributed by atoms with van der Waals surface area (Å²) in [5.74, 6) is 0.793. The van der Waals surface area contributed by atoms with E-state index in [1.807, 2.05) is 23.9 Å². The number of nitrogens with two attached hydrogens (primary N) is 1. The van der Waals surface area contributed by atoms with E-state index in [1.54, 1.807) is 4.52 Å². The number of nitrogen functional groups attached to an aromatic ring is 1. The number of hydrogen-bond acceptors (Lipinski definition) is 7. The van der Waals surface area contributed by atoms with Gasteiger partial charge in [0, 0.05) is 37.8 Å². The molecular formula is C21H29N9O. The van der Waals surface area contributed by atoms with Gasteiger partial charge in [-0.3, -0.25) is 4.68 Å². The first-order valence-electron chi connectivity index (χ1n) is 10.7. The van der Waals surface area contributed by atoms with Crippen LogP contribution in [0.5, 0.6) is 0 Å². The maximum atomic E-state index is 8.96. The number of aryl methyl sites for hydroxylation is 2. The number of anilines is 2. The summed E-state index contributed by atoms with van der Waals surface area (Å²) in [6, 6.07) is 2.03. The zero-order chi connectivity index (χ0) is 22.0. The number of hydrogen-bond donors (Lipinski definition) is 4. The van der Waals surface area contributed by atoms with Crippen LogP contribution in [0.1, 0.15) is 36.7 Å². The molecule has 3 heterocycles. The van der Waals surface area contributed by atoms with Crippen LogP contribution < -0.4 is 16.4 Å². The first-order valence-corrected chi connectivity index (χ1v) is 10.7. The fraction of sp³-hybridized carbons (Fsp3) is 0.524. The molecule has 0 saturated heterocycles. The summed E-state index contributed by atoms with van der Waals surface area (Å²) < 4.78 is 3.61. The molecule has 1 aliphatic rings. The van der Waals surface area contributed by atoms with Crippen LogP contribution >= 0.6 is 0 Å². The molecule has 0 amide bonds. The Bertz CT molecular complexity index is 1120. The SMILES string of the molecule is [C-]#[N+]c1c(NCCc2ccn(C3(CNCCO)CC3)n2)nc2c(CC)c(C)nn2c1N. The first-order chi connectivity index (χ1) is 15.0. The van der Waals surface area contributed by atoms with Gasteiger partial charge in [-0.15, -0.1) is 0 Å². The van der Waals surface area contributed by atoms with Crippen LogP contribution in [0.25, 0.3) is 10.5 Å². The van der Waals surface area contributed by atoms with E-state index in [1.165, 1.54) is 0 Å². The molecule has 0 unspecified atom stereocenters. The Hall–Kier alpha value is -3.16. The Morgan fingerprint density at radius 3 is 2.81 bits per heavy atom. The van der Waals surface area contributed by atoms with E-state index in [4.69, 9.17) is 22.5 Å². The van der Waals surface area contributed by atoms with E-state index in [0.717, 1.165) is 42.8 Å². The summed E-state index contributed by atoms with van der Waals surface area (Å²) in [6.45, 7) is 13.7. The first kappa shape index (κ1) is 21.1. The van der Waals surface area contributed by atoms with Gasteiger partial charge < -0.3 is 21.5 Å². The number of aromatic nitrogens is 5. The quantitative estimate of drug-likeness (QED) is 0.289. The Morgan fingerprint density at radius 1 is 1.32 bits per heavy atom. The van der Waals surface area contributed by atoms with E-state index >= 15 is 0 Å². The van der Waals surface area contributed by atoms with Crippen molar-refractivity contribution in [1.29, 1.82) is 0 Å². The highest BCUT2D eigenvalue weighted by Crippen LogP contribution is 2.42. The van der Waals surface area contributed by atoms with Gasteiger partial charge in [-0.2, -0.15) is 10.2 Å². The fourth-order valence-electron chi connectivity index (χ4n) is 3.96. The van der Waals surface area contributed by atoms with E-state index in [2.05, 4.69) is 32.5 Å². The van der Waals surface area contributed by atoms with Crippen LogP contribution in [0.4, 0.5) is 17.3 Å². The second-order valence-electron chi connectivity index (χ2n) is 8.01. The second kappa shape index (κ2) is 8.53. The minimum atomic E-state index is 0.0373. The third kappa shape index (κ3) is 3.94. The minimum Gasteiger partial charge on any atom is -0.395 e. The van der Waals surface area contributed by atoms with Gasteiger partial charge in [0.2, 0.25) is 0 Å². The Kier molecular flexibility index (Phi) is 5.80. The van der Waals surface area contributed by atoms with Gasteiger partial charge in [-0.05, 0) is 32.3 Å². The van der Waals surface area contributed by atoms with Crippen LogP contribution in [0, 0.1) is 13.5 Å². The van der Waals surface area contributed by atoms with Crippen molar-refractivity contribution in [1.82, 2.24) is 29.7 Å². The largest absolute Gasteiger partial charge is 0.395 e. The molecule has 0 atom stereocenters. The van der Waals surface area contributed by atoms with Crippen molar-refractivity contribution in [3.63, 3.8) is 0 Å². The number of fused-ring (bicyclic) bond motifs is 1.